The summed E-state index contributed by atoms with van der Waals surface area (Å²) in [5.74, 6) is -0.394. The predicted molar refractivity (Wildman–Crippen MR) is 81.4 cm³/mol. The number of rotatable bonds is 5. The lowest BCUT2D eigenvalue weighted by molar-refractivity contribution is 0.0844. The summed E-state index contributed by atoms with van der Waals surface area (Å²) in [6, 6.07) is 10.1. The van der Waals surface area contributed by atoms with Gasteiger partial charge in [0.05, 0.1) is 17.7 Å². The minimum absolute atomic E-state index is 0.360. The number of hydrogen-bond acceptors (Lipinski definition) is 4. The molecule has 0 fully saturated rings. The molecule has 0 radical (unpaired) electrons. The van der Waals surface area contributed by atoms with Crippen molar-refractivity contribution in [2.45, 2.75) is 13.3 Å². The lowest BCUT2D eigenvalue weighted by Crippen LogP contribution is -2.41. The van der Waals surface area contributed by atoms with E-state index in [-0.39, 0.29) is 0 Å². The quantitative estimate of drug-likeness (QED) is 0.827. The van der Waals surface area contributed by atoms with Crippen molar-refractivity contribution >= 4 is 11.8 Å². The van der Waals surface area contributed by atoms with Crippen molar-refractivity contribution in [3.63, 3.8) is 0 Å². The SMILES string of the molecule is CCCOc1ccccc1C(=O)NNC(=O)c1cccnc1. The molecule has 1 heterocycles. The molecular weight excluding hydrogens is 282 g/mol. The number of ether oxygens (including phenoxy) is 1. The van der Waals surface area contributed by atoms with Gasteiger partial charge in [-0.25, -0.2) is 0 Å². The van der Waals surface area contributed by atoms with E-state index < -0.39 is 11.8 Å². The maximum absolute atomic E-state index is 12.1. The Morgan fingerprint density at radius 1 is 1.09 bits per heavy atom. The van der Waals surface area contributed by atoms with Gasteiger partial charge in [-0.1, -0.05) is 19.1 Å². The van der Waals surface area contributed by atoms with Gasteiger partial charge in [-0.15, -0.1) is 0 Å². The highest BCUT2D eigenvalue weighted by molar-refractivity contribution is 6.00. The Labute approximate surface area is 128 Å². The molecule has 2 N–H and O–H groups in total. The van der Waals surface area contributed by atoms with E-state index in [4.69, 9.17) is 4.74 Å². The number of para-hydroxylation sites is 1. The molecule has 2 rings (SSSR count). The molecule has 114 valence electrons. The predicted octanol–water partition coefficient (Wildman–Crippen LogP) is 1.95. The molecule has 0 saturated carbocycles. The number of nitrogens with zero attached hydrogens (tertiary/aromatic N) is 1. The molecule has 1 aromatic heterocycles. The van der Waals surface area contributed by atoms with Crippen LogP contribution >= 0.6 is 0 Å². The summed E-state index contributed by atoms with van der Waals surface area (Å²) in [7, 11) is 0. The number of carbonyl (C=O) groups excluding carboxylic acids is 2. The van der Waals surface area contributed by atoms with E-state index in [1.807, 2.05) is 6.92 Å². The minimum atomic E-state index is -0.441. The standard InChI is InChI=1S/C16H17N3O3/c1-2-10-22-14-8-4-3-7-13(14)16(21)19-18-15(20)12-6-5-9-17-11-12/h3-9,11H,2,10H2,1H3,(H,18,20)(H,19,21). The van der Waals surface area contributed by atoms with Crippen molar-refractivity contribution in [1.82, 2.24) is 15.8 Å². The zero-order valence-electron chi connectivity index (χ0n) is 12.2. The van der Waals surface area contributed by atoms with Crippen LogP contribution in [0.25, 0.3) is 0 Å². The lowest BCUT2D eigenvalue weighted by atomic mass is 10.2. The fourth-order valence-corrected chi connectivity index (χ4v) is 1.74. The molecule has 2 aromatic rings. The molecule has 1 aromatic carbocycles. The van der Waals surface area contributed by atoms with Gasteiger partial charge >= 0.3 is 0 Å². The maximum Gasteiger partial charge on any atom is 0.273 e. The molecule has 0 aliphatic heterocycles. The molecule has 0 atom stereocenters. The van der Waals surface area contributed by atoms with Crippen molar-refractivity contribution in [2.75, 3.05) is 6.61 Å². The summed E-state index contributed by atoms with van der Waals surface area (Å²) in [5.41, 5.74) is 5.44. The van der Waals surface area contributed by atoms with Crippen LogP contribution in [0.1, 0.15) is 34.1 Å². The van der Waals surface area contributed by atoms with Crippen molar-refractivity contribution in [3.05, 3.63) is 59.9 Å². The molecule has 6 nitrogen and oxygen atoms in total. The molecule has 0 aliphatic rings. The van der Waals surface area contributed by atoms with Crippen LogP contribution in [-0.4, -0.2) is 23.4 Å². The number of amides is 2. The van der Waals surface area contributed by atoms with Crippen LogP contribution < -0.4 is 15.6 Å². The zero-order valence-corrected chi connectivity index (χ0v) is 12.2. The number of nitrogens with one attached hydrogen (secondary N) is 2. The van der Waals surface area contributed by atoms with Gasteiger partial charge in [0.1, 0.15) is 5.75 Å². The Kier molecular flexibility index (Phi) is 5.48. The zero-order chi connectivity index (χ0) is 15.8. The van der Waals surface area contributed by atoms with Crippen LogP contribution in [0.4, 0.5) is 0 Å². The molecular formula is C16H17N3O3. The Bertz CT molecular complexity index is 644. The van der Waals surface area contributed by atoms with E-state index >= 15 is 0 Å². The first kappa shape index (κ1) is 15.5. The summed E-state index contributed by atoms with van der Waals surface area (Å²) >= 11 is 0. The first-order valence-corrected chi connectivity index (χ1v) is 6.95. The topological polar surface area (TPSA) is 80.3 Å². The van der Waals surface area contributed by atoms with Crippen LogP contribution in [0.5, 0.6) is 5.75 Å². The number of aromatic nitrogens is 1. The van der Waals surface area contributed by atoms with E-state index in [0.717, 1.165) is 6.42 Å². The van der Waals surface area contributed by atoms with Gasteiger partial charge in [-0.05, 0) is 30.7 Å². The number of pyridine rings is 1. The van der Waals surface area contributed by atoms with E-state index in [2.05, 4.69) is 15.8 Å². The Balaban J connectivity index is 1.99. The highest BCUT2D eigenvalue weighted by Gasteiger charge is 2.13. The Morgan fingerprint density at radius 3 is 2.59 bits per heavy atom. The molecule has 0 bridgehead atoms. The molecule has 0 unspecified atom stereocenters. The number of hydrazine groups is 1. The largest absolute Gasteiger partial charge is 0.493 e. The van der Waals surface area contributed by atoms with Gasteiger partial charge in [-0.3, -0.25) is 25.4 Å². The van der Waals surface area contributed by atoms with Gasteiger partial charge in [-0.2, -0.15) is 0 Å². The first-order chi connectivity index (χ1) is 10.7. The normalized spacial score (nSPS) is 9.86. The fourth-order valence-electron chi connectivity index (χ4n) is 1.74. The summed E-state index contributed by atoms with van der Waals surface area (Å²) in [6.45, 7) is 2.50. The average molecular weight is 299 g/mol. The highest BCUT2D eigenvalue weighted by atomic mass is 16.5. The Hall–Kier alpha value is -2.89. The van der Waals surface area contributed by atoms with Crippen molar-refractivity contribution in [2.24, 2.45) is 0 Å². The van der Waals surface area contributed by atoms with Crippen LogP contribution in [0, 0.1) is 0 Å². The van der Waals surface area contributed by atoms with Crippen LogP contribution in [0.3, 0.4) is 0 Å². The molecule has 0 saturated heterocycles. The third-order valence-corrected chi connectivity index (χ3v) is 2.81. The number of benzene rings is 1. The second kappa shape index (κ2) is 7.78. The molecule has 0 aliphatic carbocycles. The second-order valence-corrected chi connectivity index (χ2v) is 4.49. The summed E-state index contributed by atoms with van der Waals surface area (Å²) in [6.07, 6.45) is 3.82. The fraction of sp³-hybridized carbons (Fsp3) is 0.188. The van der Waals surface area contributed by atoms with E-state index in [9.17, 15) is 9.59 Å². The van der Waals surface area contributed by atoms with Crippen LogP contribution in [-0.2, 0) is 0 Å². The van der Waals surface area contributed by atoms with Crippen molar-refractivity contribution in [3.8, 4) is 5.75 Å². The summed E-state index contributed by atoms with van der Waals surface area (Å²) in [4.78, 5) is 27.8. The molecule has 6 heteroatoms. The van der Waals surface area contributed by atoms with E-state index in [1.54, 1.807) is 42.6 Å². The van der Waals surface area contributed by atoms with Gasteiger partial charge in [0, 0.05) is 12.4 Å². The van der Waals surface area contributed by atoms with Crippen LogP contribution in [0.15, 0.2) is 48.8 Å². The summed E-state index contributed by atoms with van der Waals surface area (Å²) < 4.78 is 5.52. The van der Waals surface area contributed by atoms with Crippen molar-refractivity contribution in [1.29, 1.82) is 0 Å². The third kappa shape index (κ3) is 4.05. The third-order valence-electron chi connectivity index (χ3n) is 2.81. The lowest BCUT2D eigenvalue weighted by Gasteiger charge is -2.11. The highest BCUT2D eigenvalue weighted by Crippen LogP contribution is 2.17. The maximum atomic E-state index is 12.1. The minimum Gasteiger partial charge on any atom is -0.493 e. The second-order valence-electron chi connectivity index (χ2n) is 4.49. The monoisotopic (exact) mass is 299 g/mol. The number of hydrogen-bond donors (Lipinski definition) is 2. The van der Waals surface area contributed by atoms with Gasteiger partial charge < -0.3 is 4.74 Å². The number of carbonyl (C=O) groups is 2. The average Bonchev–Trinajstić information content (AvgIpc) is 2.58. The molecule has 22 heavy (non-hydrogen) atoms. The molecule has 2 amide bonds. The van der Waals surface area contributed by atoms with Gasteiger partial charge in [0.2, 0.25) is 0 Å². The summed E-state index contributed by atoms with van der Waals surface area (Å²) in [5, 5.41) is 0. The van der Waals surface area contributed by atoms with E-state index in [0.29, 0.717) is 23.5 Å². The smallest absolute Gasteiger partial charge is 0.273 e. The van der Waals surface area contributed by atoms with E-state index in [1.165, 1.54) is 6.20 Å². The molecule has 0 spiro atoms. The first-order valence-electron chi connectivity index (χ1n) is 6.95. The van der Waals surface area contributed by atoms with Gasteiger partial charge in [0.25, 0.3) is 11.8 Å². The van der Waals surface area contributed by atoms with Gasteiger partial charge in [0.15, 0.2) is 0 Å². The Morgan fingerprint density at radius 2 is 1.86 bits per heavy atom. The van der Waals surface area contributed by atoms with Crippen LogP contribution in [0.2, 0.25) is 0 Å². The van der Waals surface area contributed by atoms with Crippen molar-refractivity contribution < 1.29 is 14.3 Å².